The molecule has 124 valence electrons. The van der Waals surface area contributed by atoms with E-state index in [1.54, 1.807) is 6.20 Å². The van der Waals surface area contributed by atoms with Crippen LogP contribution in [0.5, 0.6) is 5.88 Å². The van der Waals surface area contributed by atoms with Crippen molar-refractivity contribution in [3.8, 4) is 11.6 Å². The number of rotatable bonds is 6. The first kappa shape index (κ1) is 16.0. The molecule has 0 atom stereocenters. The minimum Gasteiger partial charge on any atom is -0.476 e. The molecular weight excluding hydrogens is 290 g/mol. The molecule has 1 aliphatic rings. The number of aromatic nitrogens is 2. The van der Waals surface area contributed by atoms with Gasteiger partial charge >= 0.3 is 0 Å². The van der Waals surface area contributed by atoms with Crippen LogP contribution in [0.2, 0.25) is 0 Å². The van der Waals surface area contributed by atoms with Gasteiger partial charge in [0.05, 0.1) is 25.1 Å². The average molecular weight is 315 g/mol. The van der Waals surface area contributed by atoms with Crippen molar-refractivity contribution in [2.45, 2.75) is 19.8 Å². The van der Waals surface area contributed by atoms with E-state index in [-0.39, 0.29) is 0 Å². The van der Waals surface area contributed by atoms with E-state index in [0.29, 0.717) is 12.5 Å². The third kappa shape index (κ3) is 4.12. The first-order valence-corrected chi connectivity index (χ1v) is 8.31. The van der Waals surface area contributed by atoms with Crippen molar-refractivity contribution in [2.75, 3.05) is 39.5 Å². The highest BCUT2D eigenvalue weighted by atomic mass is 16.5. The monoisotopic (exact) mass is 315 g/mol. The number of hydrogen-bond acceptors (Lipinski definition) is 4. The highest BCUT2D eigenvalue weighted by molar-refractivity contribution is 5.37. The Kier molecular flexibility index (Phi) is 5.31. The van der Waals surface area contributed by atoms with Crippen molar-refractivity contribution in [1.82, 2.24) is 14.7 Å². The molecule has 1 aliphatic heterocycles. The first-order chi connectivity index (χ1) is 11.2. The molecule has 1 fully saturated rings. The van der Waals surface area contributed by atoms with Crippen LogP contribution in [0.25, 0.3) is 5.69 Å². The van der Waals surface area contributed by atoms with E-state index in [4.69, 9.17) is 9.47 Å². The van der Waals surface area contributed by atoms with E-state index in [9.17, 15) is 0 Å². The minimum absolute atomic E-state index is 0.533. The summed E-state index contributed by atoms with van der Waals surface area (Å²) in [7, 11) is 0. The third-order valence-electron chi connectivity index (χ3n) is 4.17. The fourth-order valence-electron chi connectivity index (χ4n) is 2.70. The summed E-state index contributed by atoms with van der Waals surface area (Å²) in [4.78, 5) is 2.36. The predicted molar refractivity (Wildman–Crippen MR) is 90.4 cm³/mol. The second-order valence-corrected chi connectivity index (χ2v) is 6.13. The molecule has 2 aromatic rings. The summed E-state index contributed by atoms with van der Waals surface area (Å²) < 4.78 is 13.1. The molecular formula is C18H25N3O2. The van der Waals surface area contributed by atoms with Crippen LogP contribution in [-0.4, -0.2) is 54.1 Å². The molecule has 0 bridgehead atoms. The van der Waals surface area contributed by atoms with Gasteiger partial charge < -0.3 is 9.47 Å². The Hall–Kier alpha value is -1.85. The van der Waals surface area contributed by atoms with E-state index >= 15 is 0 Å². The van der Waals surface area contributed by atoms with Crippen molar-refractivity contribution < 1.29 is 9.47 Å². The number of benzene rings is 1. The number of nitrogens with zero attached hydrogens (tertiary/aromatic N) is 3. The highest BCUT2D eigenvalue weighted by Crippen LogP contribution is 2.20. The lowest BCUT2D eigenvalue weighted by Crippen LogP contribution is -2.38. The molecule has 1 aromatic carbocycles. The molecule has 0 N–H and O–H groups in total. The maximum Gasteiger partial charge on any atom is 0.216 e. The molecule has 0 saturated carbocycles. The molecule has 3 rings (SSSR count). The Morgan fingerprint density at radius 1 is 1.13 bits per heavy atom. The lowest BCUT2D eigenvalue weighted by Gasteiger charge is -2.26. The van der Waals surface area contributed by atoms with Crippen molar-refractivity contribution in [3.63, 3.8) is 0 Å². The Morgan fingerprint density at radius 3 is 2.57 bits per heavy atom. The van der Waals surface area contributed by atoms with Gasteiger partial charge in [0, 0.05) is 25.7 Å². The van der Waals surface area contributed by atoms with Gasteiger partial charge in [0.2, 0.25) is 5.88 Å². The zero-order chi connectivity index (χ0) is 16.1. The molecule has 1 aromatic heterocycles. The van der Waals surface area contributed by atoms with E-state index < -0.39 is 0 Å². The maximum absolute atomic E-state index is 5.93. The summed E-state index contributed by atoms with van der Waals surface area (Å²) in [6, 6.07) is 10.4. The number of ether oxygens (including phenoxy) is 2. The Bertz CT molecular complexity index is 601. The molecule has 0 amide bonds. The lowest BCUT2D eigenvalue weighted by molar-refractivity contribution is 0.0318. The fraction of sp³-hybridized carbons (Fsp3) is 0.500. The Morgan fingerprint density at radius 2 is 1.87 bits per heavy atom. The van der Waals surface area contributed by atoms with Crippen LogP contribution in [0.15, 0.2) is 36.5 Å². The van der Waals surface area contributed by atoms with E-state index in [2.05, 4.69) is 48.1 Å². The van der Waals surface area contributed by atoms with Crippen LogP contribution < -0.4 is 4.74 Å². The summed E-state index contributed by atoms with van der Waals surface area (Å²) >= 11 is 0. The van der Waals surface area contributed by atoms with Crippen molar-refractivity contribution in [1.29, 1.82) is 0 Å². The molecule has 0 radical (unpaired) electrons. The summed E-state index contributed by atoms with van der Waals surface area (Å²) in [5.74, 6) is 1.32. The van der Waals surface area contributed by atoms with Crippen LogP contribution in [-0.2, 0) is 4.74 Å². The third-order valence-corrected chi connectivity index (χ3v) is 4.17. The smallest absolute Gasteiger partial charge is 0.216 e. The van der Waals surface area contributed by atoms with Crippen LogP contribution in [0.3, 0.4) is 0 Å². The normalized spacial score (nSPS) is 16.0. The largest absolute Gasteiger partial charge is 0.476 e. The van der Waals surface area contributed by atoms with Gasteiger partial charge in [-0.25, -0.2) is 4.68 Å². The summed E-state index contributed by atoms with van der Waals surface area (Å²) in [6.45, 7) is 9.58. The second-order valence-electron chi connectivity index (χ2n) is 6.13. The zero-order valence-electron chi connectivity index (χ0n) is 13.9. The van der Waals surface area contributed by atoms with Gasteiger partial charge in [0.1, 0.15) is 6.61 Å². The van der Waals surface area contributed by atoms with Gasteiger partial charge in [-0.05, 0) is 23.6 Å². The van der Waals surface area contributed by atoms with Gasteiger partial charge in [-0.2, -0.15) is 5.10 Å². The van der Waals surface area contributed by atoms with Gasteiger partial charge in [-0.1, -0.05) is 26.0 Å². The Balaban J connectivity index is 1.60. The summed E-state index contributed by atoms with van der Waals surface area (Å²) in [5, 5.41) is 4.38. The minimum atomic E-state index is 0.533. The molecule has 5 nitrogen and oxygen atoms in total. The van der Waals surface area contributed by atoms with Crippen LogP contribution in [0.4, 0.5) is 0 Å². The molecule has 0 spiro atoms. The lowest BCUT2D eigenvalue weighted by atomic mass is 10.0. The summed E-state index contributed by atoms with van der Waals surface area (Å²) in [5.41, 5.74) is 2.36. The first-order valence-electron chi connectivity index (χ1n) is 8.31. The topological polar surface area (TPSA) is 39.5 Å². The van der Waals surface area contributed by atoms with Gasteiger partial charge in [-0.15, -0.1) is 0 Å². The van der Waals surface area contributed by atoms with E-state index in [1.807, 2.05) is 10.7 Å². The SMILES string of the molecule is CC(C)c1ccc(-n2nccc2OCCN2CCOCC2)cc1. The van der Waals surface area contributed by atoms with E-state index in [0.717, 1.165) is 44.4 Å². The highest BCUT2D eigenvalue weighted by Gasteiger charge is 2.11. The van der Waals surface area contributed by atoms with Gasteiger partial charge in [0.15, 0.2) is 0 Å². The molecule has 5 heteroatoms. The summed E-state index contributed by atoms with van der Waals surface area (Å²) in [6.07, 6.45) is 1.78. The molecule has 0 aliphatic carbocycles. The zero-order valence-corrected chi connectivity index (χ0v) is 13.9. The average Bonchev–Trinajstić information content (AvgIpc) is 3.04. The van der Waals surface area contributed by atoms with Gasteiger partial charge in [0.25, 0.3) is 0 Å². The van der Waals surface area contributed by atoms with Crippen molar-refractivity contribution in [2.24, 2.45) is 0 Å². The van der Waals surface area contributed by atoms with E-state index in [1.165, 1.54) is 5.56 Å². The molecule has 0 unspecified atom stereocenters. The number of hydrogen-bond donors (Lipinski definition) is 0. The molecule has 1 saturated heterocycles. The fourth-order valence-corrected chi connectivity index (χ4v) is 2.70. The van der Waals surface area contributed by atoms with Crippen molar-refractivity contribution in [3.05, 3.63) is 42.1 Å². The number of morpholine rings is 1. The molecule has 23 heavy (non-hydrogen) atoms. The molecule has 2 heterocycles. The van der Waals surface area contributed by atoms with Crippen LogP contribution in [0, 0.1) is 0 Å². The standard InChI is InChI=1S/C18H25N3O2/c1-15(2)16-3-5-17(6-4-16)21-18(7-8-19-21)23-14-11-20-9-12-22-13-10-20/h3-8,15H,9-14H2,1-2H3. The predicted octanol–water partition coefficient (Wildman–Crippen LogP) is 2.71. The van der Waals surface area contributed by atoms with Crippen molar-refractivity contribution >= 4 is 0 Å². The maximum atomic E-state index is 5.93. The second kappa shape index (κ2) is 7.62. The Labute approximate surface area is 137 Å². The van der Waals surface area contributed by atoms with Crippen LogP contribution >= 0.6 is 0 Å². The quantitative estimate of drug-likeness (QED) is 0.822. The van der Waals surface area contributed by atoms with Gasteiger partial charge in [-0.3, -0.25) is 4.90 Å². The van der Waals surface area contributed by atoms with Crippen LogP contribution in [0.1, 0.15) is 25.3 Å².